The fraction of sp³-hybridized carbons (Fsp3) is 0.105. The van der Waals surface area contributed by atoms with Gasteiger partial charge < -0.3 is 10.6 Å². The van der Waals surface area contributed by atoms with E-state index >= 15 is 0 Å². The highest BCUT2D eigenvalue weighted by Gasteiger charge is 2.11. The van der Waals surface area contributed by atoms with Gasteiger partial charge in [0.15, 0.2) is 0 Å². The fourth-order valence-corrected chi connectivity index (χ4v) is 2.30. The van der Waals surface area contributed by atoms with Crippen LogP contribution < -0.4 is 10.6 Å². The molecule has 0 fully saturated rings. The second-order valence-electron chi connectivity index (χ2n) is 5.48. The maximum Gasteiger partial charge on any atom is 0.274 e. The van der Waals surface area contributed by atoms with Gasteiger partial charge in [0.05, 0.1) is 5.69 Å². The van der Waals surface area contributed by atoms with E-state index in [4.69, 9.17) is 0 Å². The van der Waals surface area contributed by atoms with Gasteiger partial charge in [-0.1, -0.05) is 36.4 Å². The lowest BCUT2D eigenvalue weighted by molar-refractivity contribution is 0.102. The Hall–Kier alpha value is -3.28. The first kappa shape index (κ1) is 16.6. The SMILES string of the molecule is Cc1ccccc1CNc1nccc(C(=O)Nc2ccccc2F)n1. The molecular weight excluding hydrogens is 319 g/mol. The molecule has 0 aliphatic heterocycles. The van der Waals surface area contributed by atoms with E-state index in [0.29, 0.717) is 12.5 Å². The quantitative estimate of drug-likeness (QED) is 0.744. The van der Waals surface area contributed by atoms with Crippen LogP contribution in [-0.2, 0) is 6.54 Å². The number of hydrogen-bond donors (Lipinski definition) is 2. The van der Waals surface area contributed by atoms with Crippen molar-refractivity contribution in [3.8, 4) is 0 Å². The van der Waals surface area contributed by atoms with E-state index in [1.165, 1.54) is 24.4 Å². The number of halogens is 1. The van der Waals surface area contributed by atoms with Crippen molar-refractivity contribution in [2.24, 2.45) is 0 Å². The molecule has 1 heterocycles. The smallest absolute Gasteiger partial charge is 0.274 e. The van der Waals surface area contributed by atoms with Crippen LogP contribution in [0, 0.1) is 12.7 Å². The number of anilines is 2. The van der Waals surface area contributed by atoms with E-state index in [1.54, 1.807) is 12.1 Å². The van der Waals surface area contributed by atoms with E-state index in [1.807, 2.05) is 31.2 Å². The van der Waals surface area contributed by atoms with Crippen molar-refractivity contribution in [1.82, 2.24) is 9.97 Å². The molecule has 0 bridgehead atoms. The second kappa shape index (κ2) is 7.53. The fourth-order valence-electron chi connectivity index (χ4n) is 2.30. The first-order chi connectivity index (χ1) is 12.1. The highest BCUT2D eigenvalue weighted by atomic mass is 19.1. The standard InChI is InChI=1S/C19H17FN4O/c1-13-6-2-3-7-14(13)12-22-19-21-11-10-17(24-19)18(25)23-16-9-5-4-8-15(16)20/h2-11H,12H2,1H3,(H,23,25)(H,21,22,24). The zero-order chi connectivity index (χ0) is 17.6. The highest BCUT2D eigenvalue weighted by Crippen LogP contribution is 2.14. The Bertz CT molecular complexity index is 898. The summed E-state index contributed by atoms with van der Waals surface area (Å²) in [6, 6.07) is 15.4. The number of carbonyl (C=O) groups is 1. The maximum atomic E-state index is 13.6. The number of amides is 1. The normalized spacial score (nSPS) is 10.3. The molecule has 3 aromatic rings. The molecule has 126 valence electrons. The van der Waals surface area contributed by atoms with Crippen LogP contribution in [0.5, 0.6) is 0 Å². The number of aromatic nitrogens is 2. The molecule has 0 spiro atoms. The maximum absolute atomic E-state index is 13.6. The van der Waals surface area contributed by atoms with Gasteiger partial charge in [0, 0.05) is 12.7 Å². The molecule has 0 aliphatic rings. The van der Waals surface area contributed by atoms with Crippen molar-refractivity contribution >= 4 is 17.5 Å². The summed E-state index contributed by atoms with van der Waals surface area (Å²) in [7, 11) is 0. The molecule has 3 rings (SSSR count). The number of nitrogens with zero attached hydrogens (tertiary/aromatic N) is 2. The largest absolute Gasteiger partial charge is 0.350 e. The Kier molecular flexibility index (Phi) is 4.99. The van der Waals surface area contributed by atoms with E-state index in [9.17, 15) is 9.18 Å². The number of para-hydroxylation sites is 1. The summed E-state index contributed by atoms with van der Waals surface area (Å²) in [5.74, 6) is -0.654. The van der Waals surface area contributed by atoms with Gasteiger partial charge in [-0.3, -0.25) is 4.79 Å². The lowest BCUT2D eigenvalue weighted by Crippen LogP contribution is -2.16. The third kappa shape index (κ3) is 4.17. The van der Waals surface area contributed by atoms with Gasteiger partial charge in [-0.2, -0.15) is 0 Å². The average Bonchev–Trinajstić information content (AvgIpc) is 2.63. The Morgan fingerprint density at radius 2 is 1.84 bits per heavy atom. The molecule has 0 aliphatic carbocycles. The molecule has 5 nitrogen and oxygen atoms in total. The molecule has 25 heavy (non-hydrogen) atoms. The summed E-state index contributed by atoms with van der Waals surface area (Å²) in [4.78, 5) is 20.6. The summed E-state index contributed by atoms with van der Waals surface area (Å²) in [5, 5.41) is 5.60. The lowest BCUT2D eigenvalue weighted by atomic mass is 10.1. The molecule has 0 atom stereocenters. The van der Waals surface area contributed by atoms with Crippen molar-refractivity contribution < 1.29 is 9.18 Å². The Morgan fingerprint density at radius 1 is 1.08 bits per heavy atom. The molecule has 2 N–H and O–H groups in total. The predicted molar refractivity (Wildman–Crippen MR) is 94.9 cm³/mol. The molecule has 0 saturated carbocycles. The van der Waals surface area contributed by atoms with Crippen LogP contribution >= 0.6 is 0 Å². The average molecular weight is 336 g/mol. The van der Waals surface area contributed by atoms with Crippen molar-refractivity contribution in [2.45, 2.75) is 13.5 Å². The van der Waals surface area contributed by atoms with Crippen LogP contribution in [0.3, 0.4) is 0 Å². The van der Waals surface area contributed by atoms with Gasteiger partial charge in [-0.05, 0) is 36.2 Å². The van der Waals surface area contributed by atoms with Gasteiger partial charge in [-0.15, -0.1) is 0 Å². The van der Waals surface area contributed by atoms with Crippen LogP contribution in [-0.4, -0.2) is 15.9 Å². The van der Waals surface area contributed by atoms with Crippen molar-refractivity contribution in [1.29, 1.82) is 0 Å². The minimum atomic E-state index is -0.497. The molecular formula is C19H17FN4O. The summed E-state index contributed by atoms with van der Waals surface area (Å²) < 4.78 is 13.6. The van der Waals surface area contributed by atoms with Crippen LogP contribution in [0.4, 0.5) is 16.0 Å². The number of carbonyl (C=O) groups excluding carboxylic acids is 1. The van der Waals surface area contributed by atoms with Gasteiger partial charge in [0.25, 0.3) is 5.91 Å². The first-order valence-electron chi connectivity index (χ1n) is 7.81. The van der Waals surface area contributed by atoms with Crippen molar-refractivity contribution in [3.05, 3.63) is 83.4 Å². The van der Waals surface area contributed by atoms with Gasteiger partial charge in [-0.25, -0.2) is 14.4 Å². The highest BCUT2D eigenvalue weighted by molar-refractivity contribution is 6.03. The molecule has 1 aromatic heterocycles. The second-order valence-corrected chi connectivity index (χ2v) is 5.48. The molecule has 0 radical (unpaired) electrons. The topological polar surface area (TPSA) is 66.9 Å². The summed E-state index contributed by atoms with van der Waals surface area (Å²) in [5.41, 5.74) is 2.54. The van der Waals surface area contributed by atoms with E-state index < -0.39 is 11.7 Å². The first-order valence-corrected chi connectivity index (χ1v) is 7.81. The van der Waals surface area contributed by atoms with Crippen LogP contribution in [0.25, 0.3) is 0 Å². The minimum Gasteiger partial charge on any atom is -0.350 e. The minimum absolute atomic E-state index is 0.112. The Balaban J connectivity index is 1.70. The summed E-state index contributed by atoms with van der Waals surface area (Å²) in [6.07, 6.45) is 1.49. The van der Waals surface area contributed by atoms with Crippen molar-refractivity contribution in [2.75, 3.05) is 10.6 Å². The summed E-state index contributed by atoms with van der Waals surface area (Å²) >= 11 is 0. The van der Waals surface area contributed by atoms with E-state index in [2.05, 4.69) is 20.6 Å². The van der Waals surface area contributed by atoms with Gasteiger partial charge in [0.1, 0.15) is 11.5 Å². The Morgan fingerprint density at radius 3 is 2.64 bits per heavy atom. The lowest BCUT2D eigenvalue weighted by Gasteiger charge is -2.09. The number of hydrogen-bond acceptors (Lipinski definition) is 4. The van der Waals surface area contributed by atoms with Crippen LogP contribution in [0.15, 0.2) is 60.8 Å². The zero-order valence-corrected chi connectivity index (χ0v) is 13.7. The summed E-state index contributed by atoms with van der Waals surface area (Å²) in [6.45, 7) is 2.57. The van der Waals surface area contributed by atoms with E-state index in [-0.39, 0.29) is 11.4 Å². The third-order valence-corrected chi connectivity index (χ3v) is 3.71. The number of rotatable bonds is 5. The van der Waals surface area contributed by atoms with E-state index in [0.717, 1.165) is 11.1 Å². The predicted octanol–water partition coefficient (Wildman–Crippen LogP) is 3.79. The monoisotopic (exact) mass is 336 g/mol. The molecule has 6 heteroatoms. The molecule has 0 saturated heterocycles. The zero-order valence-electron chi connectivity index (χ0n) is 13.7. The molecule has 2 aromatic carbocycles. The Labute approximate surface area is 145 Å². The van der Waals surface area contributed by atoms with Crippen LogP contribution in [0.2, 0.25) is 0 Å². The molecule has 0 unspecified atom stereocenters. The van der Waals surface area contributed by atoms with Crippen LogP contribution in [0.1, 0.15) is 21.6 Å². The molecule has 1 amide bonds. The van der Waals surface area contributed by atoms with Crippen molar-refractivity contribution in [3.63, 3.8) is 0 Å². The number of nitrogens with one attached hydrogen (secondary N) is 2. The number of benzene rings is 2. The third-order valence-electron chi connectivity index (χ3n) is 3.71. The number of aryl methyl sites for hydroxylation is 1. The van der Waals surface area contributed by atoms with Gasteiger partial charge >= 0.3 is 0 Å². The van der Waals surface area contributed by atoms with Gasteiger partial charge in [0.2, 0.25) is 5.95 Å².